The molecule has 28 heavy (non-hydrogen) atoms. The minimum absolute atomic E-state index is 0.0762. The van der Waals surface area contributed by atoms with Crippen LogP contribution in [0.15, 0.2) is 21.5 Å². The molecule has 1 amide bonds. The zero-order chi connectivity index (χ0) is 20.5. The van der Waals surface area contributed by atoms with E-state index in [1.807, 2.05) is 0 Å². The van der Waals surface area contributed by atoms with Crippen molar-refractivity contribution in [2.45, 2.75) is 62.3 Å². The van der Waals surface area contributed by atoms with Crippen LogP contribution in [-0.4, -0.2) is 43.4 Å². The lowest BCUT2D eigenvalue weighted by atomic mass is 9.89. The van der Waals surface area contributed by atoms with E-state index in [9.17, 15) is 13.4 Å². The Labute approximate surface area is 163 Å². The van der Waals surface area contributed by atoms with Gasteiger partial charge in [-0.15, -0.1) is 0 Å². The molecule has 0 spiro atoms. The molecule has 3 aliphatic heterocycles. The fourth-order valence-corrected chi connectivity index (χ4v) is 7.36. The Balaban J connectivity index is 2.04. The van der Waals surface area contributed by atoms with Crippen LogP contribution in [0, 0.1) is 5.82 Å². The molecule has 1 unspecified atom stereocenters. The van der Waals surface area contributed by atoms with Crippen molar-refractivity contribution in [1.29, 1.82) is 0 Å². The Hall–Kier alpha value is -2.23. The summed E-state index contributed by atoms with van der Waals surface area (Å²) in [6.45, 7) is 8.87. The molecule has 0 fully saturated rings. The van der Waals surface area contributed by atoms with Gasteiger partial charge in [0.2, 0.25) is 0 Å². The Morgan fingerprint density at radius 1 is 1.25 bits per heavy atom. The van der Waals surface area contributed by atoms with Gasteiger partial charge in [0.25, 0.3) is 0 Å². The number of nitrogens with one attached hydrogen (secondary N) is 2. The maximum atomic E-state index is 14.9. The number of cyclic esters (lactones) is 1. The second kappa shape index (κ2) is 5.65. The van der Waals surface area contributed by atoms with Crippen molar-refractivity contribution in [3.63, 3.8) is 0 Å². The third-order valence-electron chi connectivity index (χ3n) is 5.66. The summed E-state index contributed by atoms with van der Waals surface area (Å²) in [6, 6.07) is 2.76. The smallest absolute Gasteiger partial charge is 0.414 e. The highest BCUT2D eigenvalue weighted by Crippen LogP contribution is 2.47. The fraction of sp³-hybridized carbons (Fsp3) is 0.611. The first-order valence-electron chi connectivity index (χ1n) is 9.16. The van der Waals surface area contributed by atoms with Crippen molar-refractivity contribution < 1.29 is 18.1 Å². The molecule has 4 heterocycles. The molecule has 4 bridgehead atoms. The quantitative estimate of drug-likeness (QED) is 0.685. The Kier molecular flexibility index (Phi) is 3.85. The summed E-state index contributed by atoms with van der Waals surface area (Å²) in [5, 5.41) is 5.11. The molecule has 3 aliphatic rings. The molecule has 0 radical (unpaired) electrons. The van der Waals surface area contributed by atoms with Crippen LogP contribution < -0.4 is 10.6 Å². The number of aromatic nitrogens is 1. The first-order chi connectivity index (χ1) is 12.9. The van der Waals surface area contributed by atoms with Crippen LogP contribution in [0.1, 0.15) is 46.7 Å². The van der Waals surface area contributed by atoms with E-state index in [1.165, 1.54) is 12.1 Å². The monoisotopic (exact) mass is 409 g/mol. The van der Waals surface area contributed by atoms with Gasteiger partial charge in [-0.3, -0.25) is 10.3 Å². The molecular formula is C18H24FN5O3S. The summed E-state index contributed by atoms with van der Waals surface area (Å²) in [5.74, 6) is -0.0506. The van der Waals surface area contributed by atoms with Gasteiger partial charge in [-0.05, 0) is 53.2 Å². The summed E-state index contributed by atoms with van der Waals surface area (Å²) in [7, 11) is -2.87. The van der Waals surface area contributed by atoms with Gasteiger partial charge in [0.1, 0.15) is 33.5 Å². The Morgan fingerprint density at radius 3 is 2.68 bits per heavy atom. The number of fused-ring (bicyclic) bond motifs is 6. The minimum atomic E-state index is -2.87. The number of amides is 1. The molecule has 4 rings (SSSR count). The van der Waals surface area contributed by atoms with E-state index in [2.05, 4.69) is 20.0 Å². The average Bonchev–Trinajstić information content (AvgIpc) is 2.98. The second-order valence-electron chi connectivity index (χ2n) is 8.49. The molecular weight excluding hydrogens is 385 g/mol. The normalized spacial score (nSPS) is 35.1. The van der Waals surface area contributed by atoms with E-state index in [0.29, 0.717) is 18.8 Å². The summed E-state index contributed by atoms with van der Waals surface area (Å²) in [4.78, 5) is 21.7. The molecule has 0 saturated heterocycles. The highest BCUT2D eigenvalue weighted by atomic mass is 32.2. The minimum Gasteiger partial charge on any atom is -0.423 e. The topological polar surface area (TPSA) is 105 Å². The van der Waals surface area contributed by atoms with Gasteiger partial charge in [0.15, 0.2) is 5.72 Å². The van der Waals surface area contributed by atoms with Crippen LogP contribution in [0.5, 0.6) is 0 Å². The summed E-state index contributed by atoms with van der Waals surface area (Å²) in [6.07, 6.45) is -0.244. The zero-order valence-electron chi connectivity index (χ0n) is 16.5. The number of hydrogen-bond donors (Lipinski definition) is 2. The molecule has 0 aromatic carbocycles. The highest BCUT2D eigenvalue weighted by molar-refractivity contribution is 7.96. The lowest BCUT2D eigenvalue weighted by Gasteiger charge is -2.44. The largest absolute Gasteiger partial charge is 0.423 e. The number of aliphatic imine (C=N–C) groups is 1. The van der Waals surface area contributed by atoms with E-state index in [1.54, 1.807) is 34.6 Å². The van der Waals surface area contributed by atoms with Crippen LogP contribution in [0.4, 0.5) is 15.0 Å². The van der Waals surface area contributed by atoms with Gasteiger partial charge >= 0.3 is 6.09 Å². The van der Waals surface area contributed by atoms with E-state index in [-0.39, 0.29) is 11.5 Å². The van der Waals surface area contributed by atoms with Crippen LogP contribution in [0.3, 0.4) is 0 Å². The van der Waals surface area contributed by atoms with Gasteiger partial charge < -0.3 is 10.1 Å². The Morgan fingerprint density at radius 2 is 1.96 bits per heavy atom. The van der Waals surface area contributed by atoms with Gasteiger partial charge in [0, 0.05) is 6.54 Å². The van der Waals surface area contributed by atoms with Crippen molar-refractivity contribution in [2.24, 2.45) is 9.36 Å². The number of ether oxygens (including phenoxy) is 1. The number of alkyl carbamates (subject to hydrolysis) is 1. The van der Waals surface area contributed by atoms with Crippen molar-refractivity contribution in [1.82, 2.24) is 10.3 Å². The number of anilines is 1. The first-order valence-corrected chi connectivity index (χ1v) is 10.7. The van der Waals surface area contributed by atoms with Gasteiger partial charge in [-0.25, -0.2) is 22.7 Å². The molecule has 0 aliphatic carbocycles. The third kappa shape index (κ3) is 2.53. The average molecular weight is 409 g/mol. The number of nitrogens with zero attached hydrogens (tertiary/aromatic N) is 3. The summed E-state index contributed by atoms with van der Waals surface area (Å²) >= 11 is 0. The van der Waals surface area contributed by atoms with Gasteiger partial charge in [-0.2, -0.15) is 0 Å². The lowest BCUT2D eigenvalue weighted by molar-refractivity contribution is 0.0623. The van der Waals surface area contributed by atoms with Gasteiger partial charge in [-0.1, -0.05) is 0 Å². The molecule has 8 nitrogen and oxygen atoms in total. The fourth-order valence-electron chi connectivity index (χ4n) is 4.18. The molecule has 1 aromatic rings. The number of carbonyl (C=O) groups is 1. The number of pyridine rings is 1. The maximum absolute atomic E-state index is 14.9. The Bertz CT molecular complexity index is 1030. The SMILES string of the molecule is CC1(C)Nc2ccc(F)c(n2)[C@@]2(C)N=C(NC(=O)O1)C(C)(C)S1(=O)=NCC[C@@H]21. The summed E-state index contributed by atoms with van der Waals surface area (Å²) < 4.78 is 37.8. The van der Waals surface area contributed by atoms with Gasteiger partial charge in [0.05, 0.1) is 15.0 Å². The van der Waals surface area contributed by atoms with Crippen LogP contribution in [0.2, 0.25) is 0 Å². The molecule has 10 heteroatoms. The number of hydrogen-bond acceptors (Lipinski definition) is 7. The number of carbonyl (C=O) groups excluding carboxylic acids is 1. The van der Waals surface area contributed by atoms with Crippen molar-refractivity contribution in [3.8, 4) is 0 Å². The lowest BCUT2D eigenvalue weighted by Crippen LogP contribution is -2.60. The molecule has 2 N–H and O–H groups in total. The first kappa shape index (κ1) is 19.1. The molecule has 152 valence electrons. The third-order valence-corrected chi connectivity index (χ3v) is 9.34. The predicted octanol–water partition coefficient (Wildman–Crippen LogP) is 2.75. The second-order valence-corrected chi connectivity index (χ2v) is 11.5. The molecule has 3 atom stereocenters. The van der Waals surface area contributed by atoms with E-state index in [0.717, 1.165) is 0 Å². The number of rotatable bonds is 0. The highest BCUT2D eigenvalue weighted by Gasteiger charge is 2.58. The van der Waals surface area contributed by atoms with E-state index < -0.39 is 42.9 Å². The molecule has 1 aromatic heterocycles. The standard InChI is InChI=1S/C18H24FN5O3S/c1-16(2)14-22-15(25)27-17(3,4)23-12-7-6-10(19)13(21-12)18(5,24-14)11-8-9-20-28(11,16)26/h6-7,11H,8-9H2,1-5H3,(H,21,23)(H,22,24,25)/t11-,18-,28?/m0/s1. The van der Waals surface area contributed by atoms with Crippen molar-refractivity contribution >= 4 is 27.5 Å². The zero-order valence-corrected chi connectivity index (χ0v) is 17.3. The van der Waals surface area contributed by atoms with Crippen LogP contribution in [0.25, 0.3) is 0 Å². The van der Waals surface area contributed by atoms with E-state index in [4.69, 9.17) is 9.73 Å². The van der Waals surface area contributed by atoms with Crippen LogP contribution >= 0.6 is 0 Å². The summed E-state index contributed by atoms with van der Waals surface area (Å²) in [5.41, 5.74) is -2.28. The van der Waals surface area contributed by atoms with E-state index >= 15 is 0 Å². The van der Waals surface area contributed by atoms with Crippen molar-refractivity contribution in [3.05, 3.63) is 23.6 Å². The van der Waals surface area contributed by atoms with Crippen LogP contribution in [-0.2, 0) is 20.0 Å². The predicted molar refractivity (Wildman–Crippen MR) is 104 cm³/mol. The number of amidine groups is 1. The molecule has 0 saturated carbocycles. The number of halogens is 1. The maximum Gasteiger partial charge on any atom is 0.414 e. The van der Waals surface area contributed by atoms with Crippen molar-refractivity contribution in [2.75, 3.05) is 11.9 Å².